The van der Waals surface area contributed by atoms with E-state index in [9.17, 15) is 4.79 Å². The Morgan fingerprint density at radius 3 is 2.59 bits per heavy atom. The number of para-hydroxylation sites is 1. The van der Waals surface area contributed by atoms with E-state index in [0.717, 1.165) is 24.2 Å². The molecular weight excluding hydrogens is 272 g/mol. The van der Waals surface area contributed by atoms with Crippen molar-refractivity contribution in [1.29, 1.82) is 0 Å². The van der Waals surface area contributed by atoms with Crippen molar-refractivity contribution in [3.05, 3.63) is 65.7 Å². The minimum Gasteiger partial charge on any atom is -0.426 e. The minimum absolute atomic E-state index is 0.0187. The van der Waals surface area contributed by atoms with E-state index in [4.69, 9.17) is 4.74 Å². The molecular formula is C20H18O2. The van der Waals surface area contributed by atoms with Crippen LogP contribution in [0.5, 0.6) is 5.75 Å². The Labute approximate surface area is 130 Å². The standard InChI is InChI=1S/C20H18O2/c21-19-20(16-8-4-5-9-17(16)22-19)15-11-10-14(12-15)18(20)13-6-2-1-3-7-13/h1-9,14-15,18H,10-12H2/t14-,15+,18+,20-/m1/s1. The van der Waals surface area contributed by atoms with Crippen LogP contribution in [0.1, 0.15) is 36.3 Å². The van der Waals surface area contributed by atoms with Crippen LogP contribution in [-0.4, -0.2) is 5.97 Å². The predicted molar refractivity (Wildman–Crippen MR) is 83.8 cm³/mol. The number of rotatable bonds is 1. The molecule has 0 saturated heterocycles. The summed E-state index contributed by atoms with van der Waals surface area (Å²) < 4.78 is 5.71. The van der Waals surface area contributed by atoms with E-state index >= 15 is 0 Å². The zero-order valence-corrected chi connectivity index (χ0v) is 12.4. The molecule has 110 valence electrons. The first-order chi connectivity index (χ1) is 10.8. The van der Waals surface area contributed by atoms with E-state index in [-0.39, 0.29) is 11.9 Å². The van der Waals surface area contributed by atoms with Gasteiger partial charge >= 0.3 is 5.97 Å². The number of hydrogen-bond acceptors (Lipinski definition) is 2. The van der Waals surface area contributed by atoms with Crippen LogP contribution < -0.4 is 4.74 Å². The maximum atomic E-state index is 13.0. The maximum Gasteiger partial charge on any atom is 0.323 e. The lowest BCUT2D eigenvalue weighted by Crippen LogP contribution is -2.44. The van der Waals surface area contributed by atoms with Crippen LogP contribution in [-0.2, 0) is 10.2 Å². The molecule has 0 amide bonds. The summed E-state index contributed by atoms with van der Waals surface area (Å²) in [5.74, 6) is 2.06. The number of carbonyl (C=O) groups excluding carboxylic acids is 1. The van der Waals surface area contributed by atoms with Gasteiger partial charge < -0.3 is 4.74 Å². The summed E-state index contributed by atoms with van der Waals surface area (Å²) in [6.07, 6.45) is 3.54. The molecule has 1 aliphatic heterocycles. The molecule has 5 rings (SSSR count). The minimum atomic E-state index is -0.444. The fourth-order valence-electron chi connectivity index (χ4n) is 5.43. The lowest BCUT2D eigenvalue weighted by molar-refractivity contribution is -0.141. The maximum absolute atomic E-state index is 13.0. The van der Waals surface area contributed by atoms with Gasteiger partial charge in [0.2, 0.25) is 0 Å². The second kappa shape index (κ2) is 4.22. The highest BCUT2D eigenvalue weighted by atomic mass is 16.5. The third-order valence-corrected chi connectivity index (χ3v) is 6.11. The Hall–Kier alpha value is -2.09. The van der Waals surface area contributed by atoms with Crippen molar-refractivity contribution >= 4 is 5.97 Å². The van der Waals surface area contributed by atoms with Gasteiger partial charge in [-0.2, -0.15) is 0 Å². The average molecular weight is 290 g/mol. The quantitative estimate of drug-likeness (QED) is 0.585. The van der Waals surface area contributed by atoms with Crippen molar-refractivity contribution in [1.82, 2.24) is 0 Å². The molecule has 1 spiro atoms. The average Bonchev–Trinajstić information content (AvgIpc) is 3.22. The van der Waals surface area contributed by atoms with Crippen molar-refractivity contribution < 1.29 is 9.53 Å². The van der Waals surface area contributed by atoms with Gasteiger partial charge in [0.1, 0.15) is 11.2 Å². The lowest BCUT2D eigenvalue weighted by atomic mass is 9.61. The zero-order valence-electron chi connectivity index (χ0n) is 12.4. The summed E-state index contributed by atoms with van der Waals surface area (Å²) in [4.78, 5) is 13.0. The smallest absolute Gasteiger partial charge is 0.323 e. The Bertz CT molecular complexity index is 751. The van der Waals surface area contributed by atoms with Crippen LogP contribution in [0, 0.1) is 11.8 Å². The van der Waals surface area contributed by atoms with Crippen molar-refractivity contribution in [3.63, 3.8) is 0 Å². The van der Waals surface area contributed by atoms with E-state index in [2.05, 4.69) is 30.3 Å². The molecule has 1 heterocycles. The van der Waals surface area contributed by atoms with Crippen LogP contribution in [0.4, 0.5) is 0 Å². The van der Waals surface area contributed by atoms with Crippen LogP contribution in [0.15, 0.2) is 54.6 Å². The summed E-state index contributed by atoms with van der Waals surface area (Å²) in [6.45, 7) is 0. The van der Waals surface area contributed by atoms with Gasteiger partial charge in [0.25, 0.3) is 0 Å². The molecule has 4 atom stereocenters. The van der Waals surface area contributed by atoms with Crippen molar-refractivity contribution in [2.24, 2.45) is 11.8 Å². The normalized spacial score (nSPS) is 34.9. The predicted octanol–water partition coefficient (Wildman–Crippen LogP) is 4.06. The second-order valence-electron chi connectivity index (χ2n) is 6.91. The third-order valence-electron chi connectivity index (χ3n) is 6.11. The molecule has 2 heteroatoms. The molecule has 2 aromatic rings. The van der Waals surface area contributed by atoms with E-state index < -0.39 is 5.41 Å². The Kier molecular flexibility index (Phi) is 2.39. The number of benzene rings is 2. The summed E-state index contributed by atoms with van der Waals surface area (Å²) in [6, 6.07) is 18.6. The first-order valence-electron chi connectivity index (χ1n) is 8.18. The van der Waals surface area contributed by atoms with Crippen LogP contribution in [0.2, 0.25) is 0 Å². The molecule has 2 fully saturated rings. The first kappa shape index (κ1) is 12.5. The zero-order chi connectivity index (χ0) is 14.7. The SMILES string of the molecule is O=C1Oc2ccccc2[C@@]12[C@H]1CC[C@H](C1)[C@@H]2c1ccccc1. The van der Waals surface area contributed by atoms with Gasteiger partial charge in [-0.15, -0.1) is 0 Å². The van der Waals surface area contributed by atoms with Gasteiger partial charge in [0.05, 0.1) is 0 Å². The van der Waals surface area contributed by atoms with Gasteiger partial charge in [-0.1, -0.05) is 48.5 Å². The molecule has 2 bridgehead atoms. The van der Waals surface area contributed by atoms with Crippen molar-refractivity contribution in [2.45, 2.75) is 30.6 Å². The van der Waals surface area contributed by atoms with Crippen LogP contribution >= 0.6 is 0 Å². The lowest BCUT2D eigenvalue weighted by Gasteiger charge is -2.38. The highest BCUT2D eigenvalue weighted by Gasteiger charge is 2.67. The molecule has 0 aromatic heterocycles. The summed E-state index contributed by atoms with van der Waals surface area (Å²) >= 11 is 0. The third kappa shape index (κ3) is 1.34. The monoisotopic (exact) mass is 290 g/mol. The molecule has 0 unspecified atom stereocenters. The van der Waals surface area contributed by atoms with Crippen molar-refractivity contribution in [3.8, 4) is 5.75 Å². The fraction of sp³-hybridized carbons (Fsp3) is 0.350. The Balaban J connectivity index is 1.77. The summed E-state index contributed by atoms with van der Waals surface area (Å²) in [5, 5.41) is 0. The van der Waals surface area contributed by atoms with Gasteiger partial charge in [0.15, 0.2) is 0 Å². The van der Waals surface area contributed by atoms with E-state index in [1.165, 1.54) is 12.0 Å². The molecule has 3 aliphatic rings. The number of hydrogen-bond donors (Lipinski definition) is 0. The molecule has 2 aromatic carbocycles. The summed E-state index contributed by atoms with van der Waals surface area (Å²) in [5.41, 5.74) is 1.98. The van der Waals surface area contributed by atoms with E-state index in [1.54, 1.807) is 0 Å². The topological polar surface area (TPSA) is 26.3 Å². The van der Waals surface area contributed by atoms with Crippen LogP contribution in [0.25, 0.3) is 0 Å². The highest BCUT2D eigenvalue weighted by molar-refractivity contribution is 5.93. The Morgan fingerprint density at radius 1 is 0.955 bits per heavy atom. The van der Waals surface area contributed by atoms with E-state index in [0.29, 0.717) is 11.8 Å². The van der Waals surface area contributed by atoms with Gasteiger partial charge in [-0.25, -0.2) is 0 Å². The number of fused-ring (bicyclic) bond motifs is 5. The highest BCUT2D eigenvalue weighted by Crippen LogP contribution is 2.67. The summed E-state index contributed by atoms with van der Waals surface area (Å²) in [7, 11) is 0. The molecule has 2 nitrogen and oxygen atoms in total. The number of esters is 1. The Morgan fingerprint density at radius 2 is 1.73 bits per heavy atom. The first-order valence-corrected chi connectivity index (χ1v) is 8.18. The van der Waals surface area contributed by atoms with Crippen molar-refractivity contribution in [2.75, 3.05) is 0 Å². The van der Waals surface area contributed by atoms with Gasteiger partial charge in [0, 0.05) is 11.5 Å². The largest absolute Gasteiger partial charge is 0.426 e. The van der Waals surface area contributed by atoms with E-state index in [1.807, 2.05) is 24.3 Å². The molecule has 0 N–H and O–H groups in total. The number of carbonyl (C=O) groups is 1. The molecule has 2 aliphatic carbocycles. The van der Waals surface area contributed by atoms with Gasteiger partial charge in [-0.3, -0.25) is 4.79 Å². The fourth-order valence-corrected chi connectivity index (χ4v) is 5.43. The molecule has 2 saturated carbocycles. The number of ether oxygens (including phenoxy) is 1. The van der Waals surface area contributed by atoms with Gasteiger partial charge in [-0.05, 0) is 42.7 Å². The van der Waals surface area contributed by atoms with Crippen LogP contribution in [0.3, 0.4) is 0 Å². The molecule has 0 radical (unpaired) electrons. The second-order valence-corrected chi connectivity index (χ2v) is 6.91. The molecule has 22 heavy (non-hydrogen) atoms.